The molecule has 42 heavy (non-hydrogen) atoms. The second kappa shape index (κ2) is 9.34. The van der Waals surface area contributed by atoms with Crippen molar-refractivity contribution in [2.24, 2.45) is 34.5 Å². The van der Waals surface area contributed by atoms with E-state index in [0.29, 0.717) is 35.8 Å². The molecule has 2 aromatic carbocycles. The number of aliphatic hydroxyl groups is 2. The van der Waals surface area contributed by atoms with Crippen molar-refractivity contribution < 1.29 is 35.4 Å². The first kappa shape index (κ1) is 30.2. The highest BCUT2D eigenvalue weighted by Crippen LogP contribution is 2.64. The normalized spacial score (nSPS) is 38.3. The van der Waals surface area contributed by atoms with Crippen LogP contribution in [0.4, 0.5) is 0 Å². The maximum absolute atomic E-state index is 13.1. The Morgan fingerprint density at radius 3 is 1.14 bits per heavy atom. The molecular formula is C32H42O8S2. The fourth-order valence-electron chi connectivity index (χ4n) is 8.58. The molecule has 2 aromatic rings. The molecule has 8 atom stereocenters. The minimum Gasteiger partial charge on any atom is -0.387 e. The predicted octanol–water partition coefficient (Wildman–Crippen LogP) is 5.14. The molecule has 8 rings (SSSR count). The number of rotatable bonds is 7. The molecule has 10 heteroatoms. The summed E-state index contributed by atoms with van der Waals surface area (Å²) < 4.78 is 63.6. The molecule has 0 spiro atoms. The van der Waals surface area contributed by atoms with Crippen LogP contribution >= 0.6 is 0 Å². The van der Waals surface area contributed by atoms with E-state index in [-0.39, 0.29) is 32.5 Å². The third-order valence-electron chi connectivity index (χ3n) is 11.8. The Labute approximate surface area is 249 Å². The molecule has 6 aliphatic rings. The monoisotopic (exact) mass is 618 g/mol. The van der Waals surface area contributed by atoms with E-state index in [9.17, 15) is 27.0 Å². The topological polar surface area (TPSA) is 127 Å². The van der Waals surface area contributed by atoms with Crippen LogP contribution in [0.1, 0.15) is 67.2 Å². The summed E-state index contributed by atoms with van der Waals surface area (Å²) in [5.41, 5.74) is -1.15. The molecular weight excluding hydrogens is 576 g/mol. The van der Waals surface area contributed by atoms with E-state index in [0.717, 1.165) is 12.8 Å². The van der Waals surface area contributed by atoms with Crippen molar-refractivity contribution in [3.8, 4) is 11.1 Å². The number of benzene rings is 2. The Kier molecular flexibility index (Phi) is 6.72. The minimum absolute atomic E-state index is 0.00563. The smallest absolute Gasteiger partial charge is 0.297 e. The SMILES string of the molecule is CC1(C)C2CC(OS(=O)(=O)c3ccc(-c4ccc(S(=O)(=O)OC5CC6CC(C6(C)C)C5(C)O)cc4)cc3)C(C)(O)C1C2. The van der Waals surface area contributed by atoms with Gasteiger partial charge in [-0.3, -0.25) is 8.37 Å². The molecule has 8 nitrogen and oxygen atoms in total. The first-order valence-corrected chi connectivity index (χ1v) is 17.6. The fraction of sp³-hybridized carbons (Fsp3) is 0.625. The van der Waals surface area contributed by atoms with Crippen LogP contribution in [0.15, 0.2) is 58.3 Å². The van der Waals surface area contributed by atoms with Gasteiger partial charge in [0.1, 0.15) is 12.2 Å². The third kappa shape index (κ3) is 4.51. The summed E-state index contributed by atoms with van der Waals surface area (Å²) in [5.74, 6) is 0.598. The van der Waals surface area contributed by atoms with Gasteiger partial charge in [-0.1, -0.05) is 52.0 Å². The van der Waals surface area contributed by atoms with Gasteiger partial charge in [0.25, 0.3) is 20.2 Å². The lowest BCUT2D eigenvalue weighted by Gasteiger charge is -2.64. The highest BCUT2D eigenvalue weighted by molar-refractivity contribution is 7.87. The molecule has 6 aliphatic carbocycles. The molecule has 4 bridgehead atoms. The molecule has 0 aliphatic heterocycles. The van der Waals surface area contributed by atoms with Crippen LogP contribution < -0.4 is 0 Å². The zero-order valence-electron chi connectivity index (χ0n) is 25.1. The zero-order valence-corrected chi connectivity index (χ0v) is 26.7. The second-order valence-corrected chi connectivity index (χ2v) is 17.8. The van der Waals surface area contributed by atoms with Gasteiger partial charge >= 0.3 is 0 Å². The summed E-state index contributed by atoms with van der Waals surface area (Å²) in [6.07, 6.45) is 1.13. The summed E-state index contributed by atoms with van der Waals surface area (Å²) in [6.45, 7) is 11.8. The maximum Gasteiger partial charge on any atom is 0.297 e. The van der Waals surface area contributed by atoms with Gasteiger partial charge < -0.3 is 10.2 Å². The molecule has 0 amide bonds. The Morgan fingerprint density at radius 1 is 0.571 bits per heavy atom. The van der Waals surface area contributed by atoms with Gasteiger partial charge in [-0.2, -0.15) is 16.8 Å². The van der Waals surface area contributed by atoms with Crippen LogP contribution in [0, 0.1) is 34.5 Å². The molecule has 6 fully saturated rings. The van der Waals surface area contributed by atoms with Crippen LogP contribution in [0.5, 0.6) is 0 Å². The quantitative estimate of drug-likeness (QED) is 0.409. The summed E-state index contributed by atoms with van der Waals surface area (Å²) in [7, 11) is -8.21. The van der Waals surface area contributed by atoms with Crippen molar-refractivity contribution in [2.75, 3.05) is 0 Å². The molecule has 8 unspecified atom stereocenters. The summed E-state index contributed by atoms with van der Waals surface area (Å²) >= 11 is 0. The molecule has 6 saturated carbocycles. The molecule has 2 N–H and O–H groups in total. The highest BCUT2D eigenvalue weighted by Gasteiger charge is 2.65. The van der Waals surface area contributed by atoms with Crippen molar-refractivity contribution >= 4 is 20.2 Å². The summed E-state index contributed by atoms with van der Waals surface area (Å²) in [4.78, 5) is -0.0113. The van der Waals surface area contributed by atoms with Gasteiger partial charge in [0, 0.05) is 0 Å². The average Bonchev–Trinajstić information content (AvgIpc) is 2.90. The Hall–Kier alpha value is -1.82. The Bertz CT molecular complexity index is 1470. The lowest BCUT2D eigenvalue weighted by Crippen LogP contribution is -2.67. The Morgan fingerprint density at radius 2 is 0.881 bits per heavy atom. The standard InChI is InChI=1S/C32H42O8S2/c1-29(2)21-15-25(29)31(5,33)27(17-21)39-41(35,36)23-11-7-19(8-12-23)20-9-13-24(14-10-20)42(37,38)40-28-18-22-16-26(30(22,3)4)32(28,6)34/h7-14,21-22,25-28,33-34H,15-18H2,1-6H3. The van der Waals surface area contributed by atoms with Gasteiger partial charge in [-0.15, -0.1) is 0 Å². The Balaban J connectivity index is 1.13. The van der Waals surface area contributed by atoms with Crippen LogP contribution in [-0.4, -0.2) is 50.5 Å². The van der Waals surface area contributed by atoms with Crippen LogP contribution in [0.2, 0.25) is 0 Å². The maximum atomic E-state index is 13.1. The van der Waals surface area contributed by atoms with Crippen molar-refractivity contribution in [2.45, 2.75) is 100 Å². The molecule has 0 radical (unpaired) electrons. The van der Waals surface area contributed by atoms with E-state index in [4.69, 9.17) is 8.37 Å². The van der Waals surface area contributed by atoms with Gasteiger partial charge in [0.2, 0.25) is 0 Å². The van der Waals surface area contributed by atoms with Crippen LogP contribution in [0.3, 0.4) is 0 Å². The number of fused-ring (bicyclic) bond motifs is 4. The van der Waals surface area contributed by atoms with Crippen molar-refractivity contribution in [1.29, 1.82) is 0 Å². The molecule has 0 aromatic heterocycles. The van der Waals surface area contributed by atoms with E-state index >= 15 is 0 Å². The van der Waals surface area contributed by atoms with Crippen molar-refractivity contribution in [1.82, 2.24) is 0 Å². The van der Waals surface area contributed by atoms with E-state index in [1.54, 1.807) is 38.1 Å². The average molecular weight is 619 g/mol. The molecule has 0 saturated heterocycles. The summed E-state index contributed by atoms with van der Waals surface area (Å²) in [6, 6.07) is 12.4. The fourth-order valence-corrected chi connectivity index (χ4v) is 10.9. The second-order valence-electron chi connectivity index (χ2n) is 14.7. The van der Waals surface area contributed by atoms with E-state index in [2.05, 4.69) is 27.7 Å². The van der Waals surface area contributed by atoms with Crippen molar-refractivity contribution in [3.05, 3.63) is 48.5 Å². The van der Waals surface area contributed by atoms with Gasteiger partial charge in [-0.05, 0) is 109 Å². The van der Waals surface area contributed by atoms with Gasteiger partial charge in [-0.25, -0.2) is 0 Å². The number of hydrogen-bond acceptors (Lipinski definition) is 8. The lowest BCUT2D eigenvalue weighted by atomic mass is 9.43. The van der Waals surface area contributed by atoms with E-state index in [1.807, 2.05) is 0 Å². The highest BCUT2D eigenvalue weighted by atomic mass is 32.2. The molecule has 230 valence electrons. The lowest BCUT2D eigenvalue weighted by molar-refractivity contribution is -0.237. The number of hydrogen-bond donors (Lipinski definition) is 2. The van der Waals surface area contributed by atoms with Gasteiger partial charge in [0.05, 0.1) is 21.0 Å². The van der Waals surface area contributed by atoms with E-state index < -0.39 is 43.6 Å². The zero-order chi connectivity index (χ0) is 30.7. The molecule has 0 heterocycles. The van der Waals surface area contributed by atoms with Crippen molar-refractivity contribution in [3.63, 3.8) is 0 Å². The minimum atomic E-state index is -4.10. The van der Waals surface area contributed by atoms with Crippen LogP contribution in [-0.2, 0) is 28.6 Å². The van der Waals surface area contributed by atoms with E-state index in [1.165, 1.54) is 24.3 Å². The third-order valence-corrected chi connectivity index (χ3v) is 14.4. The first-order chi connectivity index (χ1) is 19.3. The summed E-state index contributed by atoms with van der Waals surface area (Å²) in [5, 5.41) is 22.3. The van der Waals surface area contributed by atoms with Crippen LogP contribution in [0.25, 0.3) is 11.1 Å². The first-order valence-electron chi connectivity index (χ1n) is 14.8. The van der Waals surface area contributed by atoms with Gasteiger partial charge in [0.15, 0.2) is 0 Å². The predicted molar refractivity (Wildman–Crippen MR) is 157 cm³/mol. The largest absolute Gasteiger partial charge is 0.387 e.